The van der Waals surface area contributed by atoms with Gasteiger partial charge in [0.2, 0.25) is 0 Å². The summed E-state index contributed by atoms with van der Waals surface area (Å²) >= 11 is 0. The number of imidazole rings is 1. The molecule has 0 unspecified atom stereocenters. The lowest BCUT2D eigenvalue weighted by atomic mass is 10.2. The molecule has 0 saturated heterocycles. The molecule has 0 aliphatic rings. The third-order valence-electron chi connectivity index (χ3n) is 3.22. The van der Waals surface area contributed by atoms with E-state index in [0.717, 1.165) is 13.1 Å². The van der Waals surface area contributed by atoms with Crippen LogP contribution in [0.25, 0.3) is 0 Å². The number of hydrogen-bond donors (Lipinski definition) is 1. The quantitative estimate of drug-likeness (QED) is 0.699. The van der Waals surface area contributed by atoms with Gasteiger partial charge in [0, 0.05) is 25.8 Å². The van der Waals surface area contributed by atoms with Crippen molar-refractivity contribution < 1.29 is 0 Å². The molecule has 0 aliphatic heterocycles. The van der Waals surface area contributed by atoms with Crippen molar-refractivity contribution >= 4 is 0 Å². The highest BCUT2D eigenvalue weighted by molar-refractivity contribution is 4.96. The third-order valence-corrected chi connectivity index (χ3v) is 3.22. The fraction of sp³-hybridized carbons (Fsp3) is 0.769. The van der Waals surface area contributed by atoms with Crippen LogP contribution in [0.5, 0.6) is 0 Å². The van der Waals surface area contributed by atoms with E-state index in [1.54, 1.807) is 0 Å². The summed E-state index contributed by atoms with van der Waals surface area (Å²) in [7, 11) is 4.22. The monoisotopic (exact) mass is 238 g/mol. The van der Waals surface area contributed by atoms with Crippen LogP contribution in [0.2, 0.25) is 0 Å². The molecule has 0 radical (unpaired) electrons. The maximum Gasteiger partial charge on any atom is 0.0945 e. The maximum atomic E-state index is 4.10. The first-order valence-corrected chi connectivity index (χ1v) is 6.47. The van der Waals surface area contributed by atoms with Gasteiger partial charge in [0.1, 0.15) is 0 Å². The van der Waals surface area contributed by atoms with Gasteiger partial charge in [-0.15, -0.1) is 0 Å². The van der Waals surface area contributed by atoms with Gasteiger partial charge in [0.25, 0.3) is 0 Å². The van der Waals surface area contributed by atoms with Crippen LogP contribution in [-0.2, 0) is 13.6 Å². The fourth-order valence-electron chi connectivity index (χ4n) is 1.64. The Bertz CT molecular complexity index is 306. The van der Waals surface area contributed by atoms with Crippen molar-refractivity contribution in [2.75, 3.05) is 20.1 Å². The molecule has 1 aromatic heterocycles. The Hall–Kier alpha value is -0.870. The van der Waals surface area contributed by atoms with Gasteiger partial charge in [-0.05, 0) is 46.8 Å². The number of nitrogens with zero attached hydrogens (tertiary/aromatic N) is 3. The SMILES string of the molecule is CC(C)N(C)CCCCNCc1cncn1C. The van der Waals surface area contributed by atoms with Gasteiger partial charge in [-0.2, -0.15) is 0 Å². The highest BCUT2D eigenvalue weighted by Gasteiger charge is 2.02. The van der Waals surface area contributed by atoms with E-state index in [0.29, 0.717) is 6.04 Å². The molecule has 4 heteroatoms. The average Bonchev–Trinajstić information content (AvgIpc) is 2.68. The van der Waals surface area contributed by atoms with Crippen molar-refractivity contribution in [1.82, 2.24) is 19.8 Å². The predicted molar refractivity (Wildman–Crippen MR) is 71.9 cm³/mol. The number of rotatable bonds is 8. The molecular weight excluding hydrogens is 212 g/mol. The molecule has 0 spiro atoms. The van der Waals surface area contributed by atoms with Crippen molar-refractivity contribution in [2.45, 2.75) is 39.3 Å². The molecule has 98 valence electrons. The van der Waals surface area contributed by atoms with Gasteiger partial charge >= 0.3 is 0 Å². The van der Waals surface area contributed by atoms with E-state index in [2.05, 4.69) is 40.7 Å². The Labute approximate surface area is 105 Å². The molecule has 1 heterocycles. The van der Waals surface area contributed by atoms with E-state index < -0.39 is 0 Å². The van der Waals surface area contributed by atoms with Crippen LogP contribution < -0.4 is 5.32 Å². The Kier molecular flexibility index (Phi) is 6.22. The minimum atomic E-state index is 0.650. The lowest BCUT2D eigenvalue weighted by Gasteiger charge is -2.20. The number of unbranched alkanes of at least 4 members (excludes halogenated alkanes) is 1. The molecule has 0 saturated carbocycles. The second-order valence-corrected chi connectivity index (χ2v) is 4.95. The average molecular weight is 238 g/mol. The second-order valence-electron chi connectivity index (χ2n) is 4.95. The Balaban J connectivity index is 2.00. The van der Waals surface area contributed by atoms with E-state index in [1.807, 2.05) is 19.6 Å². The molecular formula is C13H26N4. The summed E-state index contributed by atoms with van der Waals surface area (Å²) in [6.07, 6.45) is 6.25. The maximum absolute atomic E-state index is 4.10. The molecule has 17 heavy (non-hydrogen) atoms. The van der Waals surface area contributed by atoms with Crippen LogP contribution in [0.4, 0.5) is 0 Å². The largest absolute Gasteiger partial charge is 0.337 e. The first kappa shape index (κ1) is 14.2. The molecule has 1 rings (SSSR count). The second kappa shape index (κ2) is 7.45. The number of aromatic nitrogens is 2. The lowest BCUT2D eigenvalue weighted by molar-refractivity contribution is 0.268. The van der Waals surface area contributed by atoms with Gasteiger partial charge in [0.05, 0.1) is 12.0 Å². The highest BCUT2D eigenvalue weighted by Crippen LogP contribution is 1.98. The first-order chi connectivity index (χ1) is 8.11. The normalized spacial score (nSPS) is 11.6. The van der Waals surface area contributed by atoms with Crippen molar-refractivity contribution in [2.24, 2.45) is 7.05 Å². The van der Waals surface area contributed by atoms with Crippen LogP contribution in [0.1, 0.15) is 32.4 Å². The van der Waals surface area contributed by atoms with Gasteiger partial charge in [-0.1, -0.05) is 0 Å². The Morgan fingerprint density at radius 3 is 2.76 bits per heavy atom. The summed E-state index contributed by atoms with van der Waals surface area (Å²) in [5, 5.41) is 3.45. The van der Waals surface area contributed by atoms with Crippen molar-refractivity contribution in [3.63, 3.8) is 0 Å². The summed E-state index contributed by atoms with van der Waals surface area (Å²) in [5.74, 6) is 0. The highest BCUT2D eigenvalue weighted by atomic mass is 15.1. The molecule has 0 aromatic carbocycles. The summed E-state index contributed by atoms with van der Waals surface area (Å²) in [6.45, 7) is 7.65. The van der Waals surface area contributed by atoms with Gasteiger partial charge in [0.15, 0.2) is 0 Å². The zero-order valence-corrected chi connectivity index (χ0v) is 11.6. The predicted octanol–water partition coefficient (Wildman–Crippen LogP) is 1.63. The minimum absolute atomic E-state index is 0.650. The van der Waals surface area contributed by atoms with Crippen LogP contribution in [0, 0.1) is 0 Å². The molecule has 0 bridgehead atoms. The summed E-state index contributed by atoms with van der Waals surface area (Å²) in [4.78, 5) is 6.49. The van der Waals surface area contributed by atoms with Crippen LogP contribution in [-0.4, -0.2) is 40.6 Å². The van der Waals surface area contributed by atoms with E-state index in [9.17, 15) is 0 Å². The Morgan fingerprint density at radius 2 is 2.18 bits per heavy atom. The van der Waals surface area contributed by atoms with Crippen molar-refractivity contribution in [3.05, 3.63) is 18.2 Å². The third kappa shape index (κ3) is 5.33. The van der Waals surface area contributed by atoms with Gasteiger partial charge in [-0.25, -0.2) is 4.98 Å². The summed E-state index contributed by atoms with van der Waals surface area (Å²) in [5.41, 5.74) is 1.24. The molecule has 4 nitrogen and oxygen atoms in total. The molecule has 0 fully saturated rings. The summed E-state index contributed by atoms with van der Waals surface area (Å²) in [6, 6.07) is 0.650. The number of aryl methyl sites for hydroxylation is 1. The van der Waals surface area contributed by atoms with Crippen LogP contribution in [0.3, 0.4) is 0 Å². The zero-order chi connectivity index (χ0) is 12.7. The molecule has 0 atom stereocenters. The van der Waals surface area contributed by atoms with Gasteiger partial charge < -0.3 is 14.8 Å². The van der Waals surface area contributed by atoms with Crippen molar-refractivity contribution in [3.8, 4) is 0 Å². The molecule has 1 N–H and O–H groups in total. The van der Waals surface area contributed by atoms with Gasteiger partial charge in [-0.3, -0.25) is 0 Å². The number of nitrogens with one attached hydrogen (secondary N) is 1. The van der Waals surface area contributed by atoms with E-state index in [4.69, 9.17) is 0 Å². The van der Waals surface area contributed by atoms with Crippen LogP contribution >= 0.6 is 0 Å². The summed E-state index contributed by atoms with van der Waals surface area (Å²) < 4.78 is 2.06. The van der Waals surface area contributed by atoms with Crippen molar-refractivity contribution in [1.29, 1.82) is 0 Å². The van der Waals surface area contributed by atoms with E-state index in [1.165, 1.54) is 25.1 Å². The standard InChI is InChI=1S/C13H26N4/c1-12(2)16(3)8-6-5-7-14-9-13-10-15-11-17(13)4/h10-12,14H,5-9H2,1-4H3. The minimum Gasteiger partial charge on any atom is -0.337 e. The van der Waals surface area contributed by atoms with E-state index >= 15 is 0 Å². The lowest BCUT2D eigenvalue weighted by Crippen LogP contribution is -2.27. The number of hydrogen-bond acceptors (Lipinski definition) is 3. The molecule has 1 aromatic rings. The smallest absolute Gasteiger partial charge is 0.0945 e. The first-order valence-electron chi connectivity index (χ1n) is 6.47. The molecule has 0 aliphatic carbocycles. The molecule has 0 amide bonds. The Morgan fingerprint density at radius 1 is 1.41 bits per heavy atom. The topological polar surface area (TPSA) is 33.1 Å². The van der Waals surface area contributed by atoms with E-state index in [-0.39, 0.29) is 0 Å². The zero-order valence-electron chi connectivity index (χ0n) is 11.6. The van der Waals surface area contributed by atoms with Crippen LogP contribution in [0.15, 0.2) is 12.5 Å². The fourth-order valence-corrected chi connectivity index (χ4v) is 1.64.